The molecule has 0 heterocycles. The highest BCUT2D eigenvalue weighted by atomic mass is 16.7. The van der Waals surface area contributed by atoms with Crippen molar-refractivity contribution < 1.29 is 19.1 Å². The molecule has 0 aliphatic rings. The largest absolute Gasteiger partial charge is 0.351 e. The van der Waals surface area contributed by atoms with Gasteiger partial charge in [0.1, 0.15) is 0 Å². The lowest BCUT2D eigenvalue weighted by atomic mass is 10.5. The van der Waals surface area contributed by atoms with Gasteiger partial charge in [-0.2, -0.15) is 0 Å². The van der Waals surface area contributed by atoms with Crippen molar-refractivity contribution in [2.75, 3.05) is 26.3 Å². The molecule has 0 unspecified atom stereocenters. The maximum absolute atomic E-state index is 10.8. The smallest absolute Gasteiger partial charge is 0.243 e. The molecule has 0 rings (SSSR count). The van der Waals surface area contributed by atoms with E-state index in [1.165, 1.54) is 12.2 Å². The van der Waals surface area contributed by atoms with Gasteiger partial charge < -0.3 is 20.1 Å². The summed E-state index contributed by atoms with van der Waals surface area (Å²) >= 11 is 0. The van der Waals surface area contributed by atoms with Gasteiger partial charge in [0.2, 0.25) is 11.8 Å². The number of rotatable bonds is 10. The van der Waals surface area contributed by atoms with Gasteiger partial charge in [-0.15, -0.1) is 0 Å². The third-order valence-corrected chi connectivity index (χ3v) is 1.88. The standard InChI is InChI=1S/C12H20N2O4/c1-4-11(15)13-6-8-17-10(3)18-9-7-14-12(16)5-2/h4-5,10H,1-2,6-9H2,3H3,(H,13,15)(H,14,16). The molecule has 0 atom stereocenters. The fourth-order valence-corrected chi connectivity index (χ4v) is 0.991. The highest BCUT2D eigenvalue weighted by Crippen LogP contribution is 1.91. The van der Waals surface area contributed by atoms with Crippen LogP contribution < -0.4 is 10.6 Å². The molecule has 0 aromatic carbocycles. The van der Waals surface area contributed by atoms with Crippen molar-refractivity contribution in [1.82, 2.24) is 10.6 Å². The molecule has 0 aliphatic carbocycles. The number of hydrogen-bond donors (Lipinski definition) is 2. The number of hydrogen-bond acceptors (Lipinski definition) is 4. The minimum absolute atomic E-state index is 0.237. The van der Waals surface area contributed by atoms with Crippen molar-refractivity contribution in [1.29, 1.82) is 0 Å². The Morgan fingerprint density at radius 3 is 1.78 bits per heavy atom. The highest BCUT2D eigenvalue weighted by molar-refractivity contribution is 5.87. The van der Waals surface area contributed by atoms with E-state index < -0.39 is 6.29 Å². The van der Waals surface area contributed by atoms with Crippen LogP contribution >= 0.6 is 0 Å². The molecule has 0 spiro atoms. The summed E-state index contributed by atoms with van der Waals surface area (Å²) in [5.41, 5.74) is 0. The summed E-state index contributed by atoms with van der Waals surface area (Å²) in [6, 6.07) is 0. The van der Waals surface area contributed by atoms with E-state index in [0.29, 0.717) is 26.3 Å². The molecular formula is C12H20N2O4. The predicted octanol–water partition coefficient (Wildman–Crippen LogP) is -0.0300. The molecule has 18 heavy (non-hydrogen) atoms. The highest BCUT2D eigenvalue weighted by Gasteiger charge is 2.02. The number of carbonyl (C=O) groups is 2. The molecule has 0 radical (unpaired) electrons. The Bertz CT molecular complexity index is 264. The van der Waals surface area contributed by atoms with E-state index in [9.17, 15) is 9.59 Å². The Kier molecular flexibility index (Phi) is 9.52. The normalized spacial score (nSPS) is 9.89. The molecule has 0 saturated heterocycles. The minimum Gasteiger partial charge on any atom is -0.351 e. The lowest BCUT2D eigenvalue weighted by molar-refractivity contribution is -0.132. The number of nitrogens with one attached hydrogen (secondary N) is 2. The molecule has 0 aliphatic heterocycles. The van der Waals surface area contributed by atoms with Crippen molar-refractivity contribution in [2.45, 2.75) is 13.2 Å². The third kappa shape index (κ3) is 9.56. The van der Waals surface area contributed by atoms with Crippen LogP contribution in [0, 0.1) is 0 Å². The van der Waals surface area contributed by atoms with Gasteiger partial charge in [-0.25, -0.2) is 0 Å². The Hall–Kier alpha value is -1.66. The van der Waals surface area contributed by atoms with Crippen LogP contribution in [0.5, 0.6) is 0 Å². The van der Waals surface area contributed by atoms with Gasteiger partial charge in [0, 0.05) is 13.1 Å². The van der Waals surface area contributed by atoms with Crippen LogP contribution in [0.3, 0.4) is 0 Å². The molecule has 0 aromatic rings. The maximum atomic E-state index is 10.8. The van der Waals surface area contributed by atoms with E-state index in [1.807, 2.05) is 0 Å². The first-order chi connectivity index (χ1) is 8.60. The molecule has 102 valence electrons. The van der Waals surface area contributed by atoms with E-state index >= 15 is 0 Å². The molecule has 0 bridgehead atoms. The van der Waals surface area contributed by atoms with E-state index in [0.717, 1.165) is 0 Å². The first-order valence-corrected chi connectivity index (χ1v) is 5.64. The first-order valence-electron chi connectivity index (χ1n) is 5.64. The van der Waals surface area contributed by atoms with Gasteiger partial charge in [-0.05, 0) is 19.1 Å². The van der Waals surface area contributed by atoms with Gasteiger partial charge in [-0.1, -0.05) is 13.2 Å². The van der Waals surface area contributed by atoms with Gasteiger partial charge in [0.25, 0.3) is 0 Å². The average molecular weight is 256 g/mol. The van der Waals surface area contributed by atoms with Crippen LogP contribution in [0.25, 0.3) is 0 Å². The second-order valence-electron chi connectivity index (χ2n) is 3.30. The molecule has 0 saturated carbocycles. The summed E-state index contributed by atoms with van der Waals surface area (Å²) in [7, 11) is 0. The first kappa shape index (κ1) is 16.3. The zero-order chi connectivity index (χ0) is 13.8. The molecule has 0 aromatic heterocycles. The second-order valence-corrected chi connectivity index (χ2v) is 3.30. The van der Waals surface area contributed by atoms with Crippen LogP contribution in [0.1, 0.15) is 6.92 Å². The van der Waals surface area contributed by atoms with E-state index in [4.69, 9.17) is 9.47 Å². The van der Waals surface area contributed by atoms with Crippen molar-refractivity contribution in [3.63, 3.8) is 0 Å². The fourth-order valence-electron chi connectivity index (χ4n) is 0.991. The van der Waals surface area contributed by atoms with Crippen LogP contribution in [0.15, 0.2) is 25.3 Å². The predicted molar refractivity (Wildman–Crippen MR) is 67.8 cm³/mol. The number of amides is 2. The van der Waals surface area contributed by atoms with Crippen LogP contribution in [-0.2, 0) is 19.1 Å². The van der Waals surface area contributed by atoms with Gasteiger partial charge in [0.05, 0.1) is 13.2 Å². The Labute approximate surface area is 107 Å². The molecule has 6 heteroatoms. The summed E-state index contributed by atoms with van der Waals surface area (Å²) in [6.07, 6.45) is 2.00. The fraction of sp³-hybridized carbons (Fsp3) is 0.500. The quantitative estimate of drug-likeness (QED) is 0.327. The van der Waals surface area contributed by atoms with Crippen LogP contribution in [0.4, 0.5) is 0 Å². The SMILES string of the molecule is C=CC(=O)NCCOC(C)OCCNC(=O)C=C. The Morgan fingerprint density at radius 1 is 1.06 bits per heavy atom. The molecule has 6 nitrogen and oxygen atoms in total. The lowest BCUT2D eigenvalue weighted by Crippen LogP contribution is -2.29. The van der Waals surface area contributed by atoms with Crippen molar-refractivity contribution >= 4 is 11.8 Å². The third-order valence-electron chi connectivity index (χ3n) is 1.88. The van der Waals surface area contributed by atoms with Crippen molar-refractivity contribution in [3.05, 3.63) is 25.3 Å². The van der Waals surface area contributed by atoms with Gasteiger partial charge in [0.15, 0.2) is 6.29 Å². The summed E-state index contributed by atoms with van der Waals surface area (Å²) in [4.78, 5) is 21.6. The van der Waals surface area contributed by atoms with Gasteiger partial charge >= 0.3 is 0 Å². The summed E-state index contributed by atoms with van der Waals surface area (Å²) in [5.74, 6) is -0.474. The Morgan fingerprint density at radius 2 is 1.44 bits per heavy atom. The topological polar surface area (TPSA) is 76.7 Å². The lowest BCUT2D eigenvalue weighted by Gasteiger charge is -2.14. The zero-order valence-corrected chi connectivity index (χ0v) is 10.6. The summed E-state index contributed by atoms with van der Waals surface area (Å²) in [6.45, 7) is 9.88. The monoisotopic (exact) mass is 256 g/mol. The van der Waals surface area contributed by atoms with E-state index in [2.05, 4.69) is 23.8 Å². The van der Waals surface area contributed by atoms with Crippen molar-refractivity contribution in [3.8, 4) is 0 Å². The van der Waals surface area contributed by atoms with Crippen LogP contribution in [-0.4, -0.2) is 44.4 Å². The molecular weight excluding hydrogens is 236 g/mol. The zero-order valence-electron chi connectivity index (χ0n) is 10.6. The Balaban J connectivity index is 3.40. The molecule has 2 N–H and O–H groups in total. The van der Waals surface area contributed by atoms with E-state index in [1.54, 1.807) is 6.92 Å². The van der Waals surface area contributed by atoms with Crippen LogP contribution in [0.2, 0.25) is 0 Å². The van der Waals surface area contributed by atoms with Gasteiger partial charge in [-0.3, -0.25) is 9.59 Å². The van der Waals surface area contributed by atoms with Crippen molar-refractivity contribution in [2.24, 2.45) is 0 Å². The molecule has 2 amide bonds. The molecule has 0 fully saturated rings. The number of ether oxygens (including phenoxy) is 2. The summed E-state index contributed by atoms with van der Waals surface area (Å²) < 4.78 is 10.5. The maximum Gasteiger partial charge on any atom is 0.243 e. The van der Waals surface area contributed by atoms with E-state index in [-0.39, 0.29) is 11.8 Å². The summed E-state index contributed by atoms with van der Waals surface area (Å²) in [5, 5.41) is 5.14. The minimum atomic E-state index is -0.397. The average Bonchev–Trinajstić information content (AvgIpc) is 2.38. The number of carbonyl (C=O) groups excluding carboxylic acids is 2. The second kappa shape index (κ2) is 10.5.